The molecule has 0 heterocycles. The summed E-state index contributed by atoms with van der Waals surface area (Å²) < 4.78 is 0. The SMILES string of the molecule is NC(=O)C(Cc1ccc(-c2ccc(CC(C(N)=O)C(N)=O)cc2)cc1)C(N)=O. The Labute approximate surface area is 161 Å². The van der Waals surface area contributed by atoms with Gasteiger partial charge in [0.2, 0.25) is 23.6 Å². The average Bonchev–Trinajstić information content (AvgIpc) is 2.64. The van der Waals surface area contributed by atoms with Crippen molar-refractivity contribution in [3.63, 3.8) is 0 Å². The second kappa shape index (κ2) is 8.81. The van der Waals surface area contributed by atoms with Crippen molar-refractivity contribution >= 4 is 23.6 Å². The zero-order valence-corrected chi connectivity index (χ0v) is 15.1. The van der Waals surface area contributed by atoms with Crippen LogP contribution in [0, 0.1) is 11.8 Å². The first-order valence-electron chi connectivity index (χ1n) is 8.54. The molecule has 4 amide bonds. The summed E-state index contributed by atoms with van der Waals surface area (Å²) in [5.74, 6) is -5.10. The molecule has 8 nitrogen and oxygen atoms in total. The normalized spacial score (nSPS) is 10.8. The molecule has 0 atom stereocenters. The molecule has 0 spiro atoms. The van der Waals surface area contributed by atoms with Crippen LogP contribution in [0.3, 0.4) is 0 Å². The van der Waals surface area contributed by atoms with Gasteiger partial charge in [-0.05, 0) is 35.1 Å². The minimum atomic E-state index is -1.05. The zero-order valence-electron chi connectivity index (χ0n) is 15.1. The smallest absolute Gasteiger partial charge is 0.230 e. The van der Waals surface area contributed by atoms with Crippen LogP contribution in [0.2, 0.25) is 0 Å². The van der Waals surface area contributed by atoms with E-state index in [-0.39, 0.29) is 12.8 Å². The predicted molar refractivity (Wildman–Crippen MR) is 103 cm³/mol. The number of primary amides is 4. The molecule has 2 aromatic rings. The molecule has 8 heteroatoms. The van der Waals surface area contributed by atoms with Crippen molar-refractivity contribution in [2.45, 2.75) is 12.8 Å². The Bertz CT molecular complexity index is 788. The van der Waals surface area contributed by atoms with E-state index in [0.717, 1.165) is 22.3 Å². The molecule has 0 saturated heterocycles. The van der Waals surface area contributed by atoms with Crippen molar-refractivity contribution in [3.05, 3.63) is 59.7 Å². The van der Waals surface area contributed by atoms with Crippen LogP contribution in [0.15, 0.2) is 48.5 Å². The maximum absolute atomic E-state index is 11.3. The maximum atomic E-state index is 11.3. The molecule has 0 radical (unpaired) electrons. The Morgan fingerprint density at radius 3 is 1.00 bits per heavy atom. The van der Waals surface area contributed by atoms with Crippen LogP contribution in [0.1, 0.15) is 11.1 Å². The number of carbonyl (C=O) groups is 4. The molecule has 0 unspecified atom stereocenters. The van der Waals surface area contributed by atoms with Gasteiger partial charge in [-0.1, -0.05) is 48.5 Å². The molecule has 0 aliphatic rings. The molecular weight excluding hydrogens is 360 g/mol. The van der Waals surface area contributed by atoms with Crippen LogP contribution >= 0.6 is 0 Å². The Morgan fingerprint density at radius 1 is 0.536 bits per heavy atom. The quantitative estimate of drug-likeness (QED) is 0.433. The van der Waals surface area contributed by atoms with Gasteiger partial charge in [0, 0.05) is 0 Å². The number of rotatable bonds is 9. The van der Waals surface area contributed by atoms with Gasteiger partial charge in [0.1, 0.15) is 11.8 Å². The molecule has 0 fully saturated rings. The summed E-state index contributed by atoms with van der Waals surface area (Å²) >= 11 is 0. The van der Waals surface area contributed by atoms with E-state index >= 15 is 0 Å². The van der Waals surface area contributed by atoms with E-state index in [1.165, 1.54) is 0 Å². The fourth-order valence-corrected chi connectivity index (χ4v) is 2.82. The number of amides is 4. The van der Waals surface area contributed by atoms with Crippen molar-refractivity contribution in [3.8, 4) is 11.1 Å². The molecule has 146 valence electrons. The van der Waals surface area contributed by atoms with Crippen molar-refractivity contribution in [1.29, 1.82) is 0 Å². The zero-order chi connectivity index (χ0) is 20.8. The maximum Gasteiger partial charge on any atom is 0.230 e. The second-order valence-electron chi connectivity index (χ2n) is 6.52. The lowest BCUT2D eigenvalue weighted by Gasteiger charge is -2.11. The van der Waals surface area contributed by atoms with Crippen LogP contribution in [-0.2, 0) is 32.0 Å². The van der Waals surface area contributed by atoms with E-state index in [9.17, 15) is 19.2 Å². The molecule has 28 heavy (non-hydrogen) atoms. The number of hydrogen-bond donors (Lipinski definition) is 4. The molecule has 0 aromatic heterocycles. The van der Waals surface area contributed by atoms with E-state index in [1.54, 1.807) is 24.3 Å². The van der Waals surface area contributed by atoms with E-state index in [4.69, 9.17) is 22.9 Å². The molecule has 0 aliphatic carbocycles. The number of hydrogen-bond acceptors (Lipinski definition) is 4. The Morgan fingerprint density at radius 2 is 0.786 bits per heavy atom. The number of carbonyl (C=O) groups excluding carboxylic acids is 4. The van der Waals surface area contributed by atoms with Crippen LogP contribution in [0.5, 0.6) is 0 Å². The lowest BCUT2D eigenvalue weighted by molar-refractivity contribution is -0.133. The van der Waals surface area contributed by atoms with Crippen LogP contribution in [0.4, 0.5) is 0 Å². The first kappa shape index (κ1) is 20.6. The fourth-order valence-electron chi connectivity index (χ4n) is 2.82. The first-order valence-corrected chi connectivity index (χ1v) is 8.54. The highest BCUT2D eigenvalue weighted by Gasteiger charge is 2.23. The van der Waals surface area contributed by atoms with Gasteiger partial charge in [-0.15, -0.1) is 0 Å². The molecular formula is C20H22N4O4. The topological polar surface area (TPSA) is 172 Å². The summed E-state index contributed by atoms with van der Waals surface area (Å²) in [5, 5.41) is 0. The minimum Gasteiger partial charge on any atom is -0.369 e. The molecule has 2 rings (SSSR count). The summed E-state index contributed by atoms with van der Waals surface area (Å²) in [7, 11) is 0. The van der Waals surface area contributed by atoms with Gasteiger partial charge < -0.3 is 22.9 Å². The van der Waals surface area contributed by atoms with Crippen LogP contribution in [0.25, 0.3) is 11.1 Å². The van der Waals surface area contributed by atoms with Crippen molar-refractivity contribution in [2.75, 3.05) is 0 Å². The highest BCUT2D eigenvalue weighted by atomic mass is 16.2. The third-order valence-corrected chi connectivity index (χ3v) is 4.49. The van der Waals surface area contributed by atoms with Gasteiger partial charge in [-0.25, -0.2) is 0 Å². The van der Waals surface area contributed by atoms with Crippen LogP contribution < -0.4 is 22.9 Å². The van der Waals surface area contributed by atoms with E-state index < -0.39 is 35.5 Å². The van der Waals surface area contributed by atoms with Gasteiger partial charge in [0.15, 0.2) is 0 Å². The van der Waals surface area contributed by atoms with E-state index in [0.29, 0.717) is 0 Å². The van der Waals surface area contributed by atoms with Gasteiger partial charge >= 0.3 is 0 Å². The standard InChI is InChI=1S/C20H22N4O4/c21-17(25)15(18(22)26)9-11-1-5-13(6-2-11)14-7-3-12(4-8-14)10-16(19(23)27)20(24)28/h1-8,15-16H,9-10H2,(H2,21,25)(H2,22,26)(H2,23,27)(H2,24,28). The largest absolute Gasteiger partial charge is 0.369 e. The van der Waals surface area contributed by atoms with Gasteiger partial charge in [-0.3, -0.25) is 19.2 Å². The van der Waals surface area contributed by atoms with Crippen molar-refractivity contribution in [2.24, 2.45) is 34.8 Å². The summed E-state index contributed by atoms with van der Waals surface area (Å²) in [6.07, 6.45) is 0.289. The number of benzene rings is 2. The third-order valence-electron chi connectivity index (χ3n) is 4.49. The monoisotopic (exact) mass is 382 g/mol. The molecule has 0 aliphatic heterocycles. The summed E-state index contributed by atoms with van der Waals surface area (Å²) in [5.41, 5.74) is 24.1. The highest BCUT2D eigenvalue weighted by molar-refractivity contribution is 5.99. The Hall–Kier alpha value is -3.68. The lowest BCUT2D eigenvalue weighted by atomic mass is 9.94. The average molecular weight is 382 g/mol. The van der Waals surface area contributed by atoms with Gasteiger partial charge in [0.25, 0.3) is 0 Å². The molecule has 8 N–H and O–H groups in total. The summed E-state index contributed by atoms with van der Waals surface area (Å²) in [6, 6.07) is 14.5. The van der Waals surface area contributed by atoms with Crippen molar-refractivity contribution in [1.82, 2.24) is 0 Å². The highest BCUT2D eigenvalue weighted by Crippen LogP contribution is 2.22. The molecule has 2 aromatic carbocycles. The van der Waals surface area contributed by atoms with Crippen LogP contribution in [-0.4, -0.2) is 23.6 Å². The predicted octanol–water partition coefficient (Wildman–Crippen LogP) is -0.388. The second-order valence-corrected chi connectivity index (χ2v) is 6.52. The Balaban J connectivity index is 2.12. The summed E-state index contributed by atoms with van der Waals surface area (Å²) in [6.45, 7) is 0. The fraction of sp³-hybridized carbons (Fsp3) is 0.200. The number of nitrogens with two attached hydrogens (primary N) is 4. The molecule has 0 bridgehead atoms. The van der Waals surface area contributed by atoms with E-state index in [2.05, 4.69) is 0 Å². The van der Waals surface area contributed by atoms with Gasteiger partial charge in [-0.2, -0.15) is 0 Å². The third kappa shape index (κ3) is 5.16. The van der Waals surface area contributed by atoms with E-state index in [1.807, 2.05) is 24.3 Å². The summed E-state index contributed by atoms with van der Waals surface area (Å²) in [4.78, 5) is 45.2. The minimum absolute atomic E-state index is 0.144. The first-order chi connectivity index (χ1) is 13.2. The lowest BCUT2D eigenvalue weighted by Crippen LogP contribution is -2.36. The van der Waals surface area contributed by atoms with Gasteiger partial charge in [0.05, 0.1) is 0 Å². The Kier molecular flexibility index (Phi) is 6.49. The molecule has 0 saturated carbocycles. The van der Waals surface area contributed by atoms with Crippen molar-refractivity contribution < 1.29 is 19.2 Å².